The molecule has 0 amide bonds. The van der Waals surface area contributed by atoms with Crippen molar-refractivity contribution in [2.75, 3.05) is 0 Å². The van der Waals surface area contributed by atoms with Crippen molar-refractivity contribution in [2.24, 2.45) is 15.8 Å². The number of hydrogen-bond acceptors (Lipinski definition) is 1. The fraction of sp³-hybridized carbons (Fsp3) is 0.632. The van der Waals surface area contributed by atoms with Crippen molar-refractivity contribution in [1.29, 1.82) is 0 Å². The summed E-state index contributed by atoms with van der Waals surface area (Å²) in [6.45, 7) is 19.2. The predicted octanol–water partition coefficient (Wildman–Crippen LogP) is 5.36. The van der Waals surface area contributed by atoms with Gasteiger partial charge in [-0.15, -0.1) is 0 Å². The Morgan fingerprint density at radius 1 is 0.900 bits per heavy atom. The fourth-order valence-corrected chi connectivity index (χ4v) is 2.67. The second-order valence-electron chi connectivity index (χ2n) is 8.66. The van der Waals surface area contributed by atoms with Crippen LogP contribution in [0.1, 0.15) is 72.1 Å². The monoisotopic (exact) mass is 271 g/mol. The van der Waals surface area contributed by atoms with Crippen LogP contribution in [-0.4, -0.2) is 5.71 Å². The summed E-state index contributed by atoms with van der Waals surface area (Å²) in [5, 5.41) is 0. The smallest absolute Gasteiger partial charge is 0.0650 e. The number of benzene rings is 1. The third kappa shape index (κ3) is 2.43. The minimum Gasteiger partial charge on any atom is -0.284 e. The third-order valence-corrected chi connectivity index (χ3v) is 5.07. The van der Waals surface area contributed by atoms with Gasteiger partial charge in [-0.05, 0) is 22.0 Å². The highest BCUT2D eigenvalue weighted by atomic mass is 14.8. The van der Waals surface area contributed by atoms with Crippen LogP contribution in [0.15, 0.2) is 23.2 Å². The molecule has 1 heterocycles. The quantitative estimate of drug-likeness (QED) is 0.652. The van der Waals surface area contributed by atoms with Crippen LogP contribution >= 0.6 is 0 Å². The van der Waals surface area contributed by atoms with Gasteiger partial charge in [-0.2, -0.15) is 0 Å². The Bertz CT molecular complexity index is 548. The molecule has 0 saturated carbocycles. The van der Waals surface area contributed by atoms with Crippen molar-refractivity contribution in [3.63, 3.8) is 0 Å². The second kappa shape index (κ2) is 4.44. The Morgan fingerprint density at radius 2 is 1.50 bits per heavy atom. The van der Waals surface area contributed by atoms with E-state index in [0.29, 0.717) is 0 Å². The molecule has 20 heavy (non-hydrogen) atoms. The molecule has 1 aromatic rings. The summed E-state index contributed by atoms with van der Waals surface area (Å²) in [6, 6.07) is 6.97. The lowest BCUT2D eigenvalue weighted by Gasteiger charge is -2.39. The molecule has 1 heteroatoms. The van der Waals surface area contributed by atoms with E-state index in [1.54, 1.807) is 0 Å². The molecule has 1 aliphatic heterocycles. The first-order valence-corrected chi connectivity index (χ1v) is 7.63. The van der Waals surface area contributed by atoms with Gasteiger partial charge in [0.25, 0.3) is 0 Å². The van der Waals surface area contributed by atoms with Crippen LogP contribution in [-0.2, 0) is 12.0 Å². The normalized spacial score (nSPS) is 16.1. The van der Waals surface area contributed by atoms with E-state index in [9.17, 15) is 0 Å². The average Bonchev–Trinajstić information content (AvgIpc) is 2.69. The summed E-state index contributed by atoms with van der Waals surface area (Å²) in [5.41, 5.74) is 5.96. The van der Waals surface area contributed by atoms with Crippen LogP contribution in [0.5, 0.6) is 0 Å². The summed E-state index contributed by atoms with van der Waals surface area (Å²) >= 11 is 0. The highest BCUT2D eigenvalue weighted by Crippen LogP contribution is 2.42. The van der Waals surface area contributed by atoms with E-state index in [1.807, 2.05) is 0 Å². The van der Waals surface area contributed by atoms with Gasteiger partial charge >= 0.3 is 0 Å². The standard InChI is InChI=1S/C19H29N/c1-17(2,3)16-15-10-9-14(11-13(15)12-20-16)19(7,8)18(4,5)6/h9-11H,12H2,1-8H3. The Kier molecular flexibility index (Phi) is 3.40. The van der Waals surface area contributed by atoms with Crippen LogP contribution in [0.25, 0.3) is 0 Å². The molecule has 1 aliphatic rings. The number of nitrogens with zero attached hydrogens (tertiary/aromatic N) is 1. The summed E-state index contributed by atoms with van der Waals surface area (Å²) < 4.78 is 0. The lowest BCUT2D eigenvalue weighted by Crippen LogP contribution is -2.34. The molecule has 0 radical (unpaired) electrons. The average molecular weight is 271 g/mol. The van der Waals surface area contributed by atoms with Crippen molar-refractivity contribution in [3.8, 4) is 0 Å². The Labute approximate surface area is 124 Å². The van der Waals surface area contributed by atoms with Gasteiger partial charge in [0.15, 0.2) is 0 Å². The highest BCUT2D eigenvalue weighted by molar-refractivity contribution is 6.07. The summed E-state index contributed by atoms with van der Waals surface area (Å²) in [6.07, 6.45) is 0. The molecule has 1 aromatic carbocycles. The molecule has 0 spiro atoms. The molecule has 0 aromatic heterocycles. The number of hydrogen-bond donors (Lipinski definition) is 0. The van der Waals surface area contributed by atoms with Crippen LogP contribution in [0.3, 0.4) is 0 Å². The zero-order valence-corrected chi connectivity index (χ0v) is 14.4. The first-order valence-electron chi connectivity index (χ1n) is 7.63. The predicted molar refractivity (Wildman–Crippen MR) is 88.6 cm³/mol. The summed E-state index contributed by atoms with van der Waals surface area (Å²) in [4.78, 5) is 4.78. The van der Waals surface area contributed by atoms with Gasteiger partial charge in [-0.25, -0.2) is 0 Å². The van der Waals surface area contributed by atoms with Crippen LogP contribution in [0, 0.1) is 10.8 Å². The Balaban J connectivity index is 2.44. The van der Waals surface area contributed by atoms with E-state index < -0.39 is 0 Å². The van der Waals surface area contributed by atoms with E-state index in [2.05, 4.69) is 73.6 Å². The van der Waals surface area contributed by atoms with Crippen molar-refractivity contribution in [1.82, 2.24) is 0 Å². The van der Waals surface area contributed by atoms with E-state index in [4.69, 9.17) is 4.99 Å². The number of fused-ring (bicyclic) bond motifs is 1. The van der Waals surface area contributed by atoms with Crippen molar-refractivity contribution < 1.29 is 0 Å². The second-order valence-corrected chi connectivity index (χ2v) is 8.66. The fourth-order valence-electron chi connectivity index (χ4n) is 2.67. The Hall–Kier alpha value is -1.11. The highest BCUT2D eigenvalue weighted by Gasteiger charge is 2.35. The van der Waals surface area contributed by atoms with Gasteiger partial charge in [0.2, 0.25) is 0 Å². The maximum absolute atomic E-state index is 4.78. The van der Waals surface area contributed by atoms with Gasteiger partial charge in [-0.3, -0.25) is 4.99 Å². The molecule has 0 atom stereocenters. The molecule has 0 N–H and O–H groups in total. The van der Waals surface area contributed by atoms with Crippen molar-refractivity contribution >= 4 is 5.71 Å². The first-order chi connectivity index (χ1) is 8.94. The lowest BCUT2D eigenvalue weighted by atomic mass is 9.65. The molecular formula is C19H29N. The molecule has 1 nitrogen and oxygen atoms in total. The van der Waals surface area contributed by atoms with Crippen LogP contribution in [0.2, 0.25) is 0 Å². The van der Waals surface area contributed by atoms with Crippen LogP contribution in [0.4, 0.5) is 0 Å². The van der Waals surface area contributed by atoms with Gasteiger partial charge in [0, 0.05) is 16.7 Å². The molecule has 0 saturated heterocycles. The number of rotatable bonds is 1. The van der Waals surface area contributed by atoms with Gasteiger partial charge in [0.05, 0.1) is 6.54 Å². The largest absolute Gasteiger partial charge is 0.284 e. The SMILES string of the molecule is CC(C)(C)C1=NCc2cc(C(C)(C)C(C)(C)C)ccc21. The summed E-state index contributed by atoms with van der Waals surface area (Å²) in [7, 11) is 0. The van der Waals surface area contributed by atoms with E-state index in [-0.39, 0.29) is 16.2 Å². The van der Waals surface area contributed by atoms with E-state index in [0.717, 1.165) is 6.54 Å². The zero-order chi connectivity index (χ0) is 15.3. The minimum absolute atomic E-state index is 0.131. The van der Waals surface area contributed by atoms with Gasteiger partial charge < -0.3 is 0 Å². The summed E-state index contributed by atoms with van der Waals surface area (Å²) in [5.74, 6) is 0. The van der Waals surface area contributed by atoms with Crippen molar-refractivity contribution in [3.05, 3.63) is 34.9 Å². The molecule has 0 bridgehead atoms. The molecular weight excluding hydrogens is 242 g/mol. The van der Waals surface area contributed by atoms with Gasteiger partial charge in [0.1, 0.15) is 0 Å². The first kappa shape index (κ1) is 15.3. The van der Waals surface area contributed by atoms with Crippen LogP contribution < -0.4 is 0 Å². The third-order valence-electron chi connectivity index (χ3n) is 5.07. The molecule has 110 valence electrons. The van der Waals surface area contributed by atoms with Crippen molar-refractivity contribution in [2.45, 2.75) is 67.3 Å². The molecule has 0 aliphatic carbocycles. The zero-order valence-electron chi connectivity index (χ0n) is 14.4. The van der Waals surface area contributed by atoms with E-state index >= 15 is 0 Å². The lowest BCUT2D eigenvalue weighted by molar-refractivity contribution is 0.225. The van der Waals surface area contributed by atoms with Gasteiger partial charge in [-0.1, -0.05) is 73.6 Å². The molecule has 2 rings (SSSR count). The molecule has 0 unspecified atom stereocenters. The topological polar surface area (TPSA) is 12.4 Å². The van der Waals surface area contributed by atoms with E-state index in [1.165, 1.54) is 22.4 Å². The molecule has 0 fully saturated rings. The minimum atomic E-state index is 0.131. The maximum atomic E-state index is 4.78. The Morgan fingerprint density at radius 3 is 2.00 bits per heavy atom. The maximum Gasteiger partial charge on any atom is 0.0650 e. The number of aliphatic imine (C=N–C) groups is 1.